The van der Waals surface area contributed by atoms with Crippen molar-refractivity contribution in [1.82, 2.24) is 0 Å². The lowest BCUT2D eigenvalue weighted by atomic mass is 10.1. The zero-order valence-electron chi connectivity index (χ0n) is 9.66. The van der Waals surface area contributed by atoms with E-state index in [0.717, 1.165) is 0 Å². The number of sulfonamides is 1. The summed E-state index contributed by atoms with van der Waals surface area (Å²) in [5, 5.41) is 5.11. The zero-order chi connectivity index (χ0) is 13.2. The number of aryl methyl sites for hydroxylation is 2. The summed E-state index contributed by atoms with van der Waals surface area (Å²) in [6.07, 6.45) is 0. The smallest absolute Gasteiger partial charge is 0.238 e. The van der Waals surface area contributed by atoms with E-state index in [1.807, 2.05) is 0 Å². The standard InChI is InChI=1S/C11H14BrNO3S/c1-7-5-11(17(13,14)15)8(2)4-10(7)16-6-9(3)12/h4-5H,3,6H2,1-2H3,(H2,13,14,15). The Balaban J connectivity index is 3.14. The van der Waals surface area contributed by atoms with Gasteiger partial charge in [0.25, 0.3) is 0 Å². The maximum absolute atomic E-state index is 11.3. The van der Waals surface area contributed by atoms with Gasteiger partial charge in [0, 0.05) is 4.48 Å². The molecule has 0 unspecified atom stereocenters. The van der Waals surface area contributed by atoms with Crippen molar-refractivity contribution in [3.8, 4) is 5.75 Å². The van der Waals surface area contributed by atoms with Gasteiger partial charge in [-0.1, -0.05) is 22.5 Å². The molecule has 0 bridgehead atoms. The lowest BCUT2D eigenvalue weighted by molar-refractivity contribution is 0.358. The van der Waals surface area contributed by atoms with E-state index in [0.29, 0.717) is 28.0 Å². The first-order valence-electron chi connectivity index (χ1n) is 4.82. The molecule has 6 heteroatoms. The number of hydrogen-bond donors (Lipinski definition) is 1. The second kappa shape index (κ2) is 5.20. The Bertz CT molecular complexity index is 552. The molecule has 0 atom stereocenters. The van der Waals surface area contributed by atoms with Gasteiger partial charge in [-0.25, -0.2) is 13.6 Å². The molecule has 0 aromatic heterocycles. The van der Waals surface area contributed by atoms with E-state index < -0.39 is 10.0 Å². The van der Waals surface area contributed by atoms with Crippen LogP contribution in [0, 0.1) is 13.8 Å². The summed E-state index contributed by atoms with van der Waals surface area (Å²) < 4.78 is 28.8. The Morgan fingerprint density at radius 1 is 1.41 bits per heavy atom. The first-order chi connectivity index (χ1) is 7.71. The Hall–Kier alpha value is -0.850. The predicted molar refractivity (Wildman–Crippen MR) is 70.9 cm³/mol. The van der Waals surface area contributed by atoms with Crippen molar-refractivity contribution in [1.29, 1.82) is 0 Å². The van der Waals surface area contributed by atoms with Crippen LogP contribution in [0.4, 0.5) is 0 Å². The fraction of sp³-hybridized carbons (Fsp3) is 0.273. The molecule has 0 fully saturated rings. The van der Waals surface area contributed by atoms with Crippen LogP contribution >= 0.6 is 15.9 Å². The largest absolute Gasteiger partial charge is 0.488 e. The molecule has 0 saturated carbocycles. The molecule has 17 heavy (non-hydrogen) atoms. The van der Waals surface area contributed by atoms with Crippen LogP contribution in [0.15, 0.2) is 28.1 Å². The average Bonchev–Trinajstić information content (AvgIpc) is 2.17. The normalized spacial score (nSPS) is 11.3. The lowest BCUT2D eigenvalue weighted by Gasteiger charge is -2.12. The maximum atomic E-state index is 11.3. The number of ether oxygens (including phenoxy) is 1. The summed E-state index contributed by atoms with van der Waals surface area (Å²) in [5.41, 5.74) is 1.28. The van der Waals surface area contributed by atoms with Crippen LogP contribution in [-0.4, -0.2) is 15.0 Å². The Morgan fingerprint density at radius 2 is 2.00 bits per heavy atom. The van der Waals surface area contributed by atoms with E-state index in [-0.39, 0.29) is 4.90 Å². The molecule has 1 aromatic rings. The highest BCUT2D eigenvalue weighted by Gasteiger charge is 2.14. The fourth-order valence-electron chi connectivity index (χ4n) is 1.38. The van der Waals surface area contributed by atoms with E-state index in [1.54, 1.807) is 19.9 Å². The van der Waals surface area contributed by atoms with E-state index >= 15 is 0 Å². The van der Waals surface area contributed by atoms with E-state index in [4.69, 9.17) is 9.88 Å². The van der Waals surface area contributed by atoms with Crippen LogP contribution in [0.5, 0.6) is 5.75 Å². The summed E-state index contributed by atoms with van der Waals surface area (Å²) in [7, 11) is -3.69. The van der Waals surface area contributed by atoms with Crippen LogP contribution < -0.4 is 9.88 Å². The highest BCUT2D eigenvalue weighted by molar-refractivity contribution is 9.11. The van der Waals surface area contributed by atoms with Crippen molar-refractivity contribution in [3.05, 3.63) is 34.3 Å². The molecular weight excluding hydrogens is 306 g/mol. The summed E-state index contributed by atoms with van der Waals surface area (Å²) in [6.45, 7) is 7.42. The molecule has 0 spiro atoms. The van der Waals surface area contributed by atoms with Crippen molar-refractivity contribution in [2.24, 2.45) is 5.14 Å². The number of benzene rings is 1. The van der Waals surface area contributed by atoms with Crippen LogP contribution in [0.3, 0.4) is 0 Å². The van der Waals surface area contributed by atoms with Crippen molar-refractivity contribution in [3.63, 3.8) is 0 Å². The SMILES string of the molecule is C=C(Br)COc1cc(C)c(S(N)(=O)=O)cc1C. The van der Waals surface area contributed by atoms with Gasteiger partial charge in [-0.15, -0.1) is 0 Å². The average molecular weight is 320 g/mol. The minimum Gasteiger partial charge on any atom is -0.488 e. The van der Waals surface area contributed by atoms with Gasteiger partial charge in [0.05, 0.1) is 4.90 Å². The third kappa shape index (κ3) is 3.83. The summed E-state index contributed by atoms with van der Waals surface area (Å²) in [4.78, 5) is 0.125. The Kier molecular flexibility index (Phi) is 4.35. The van der Waals surface area contributed by atoms with Crippen LogP contribution in [0.1, 0.15) is 11.1 Å². The van der Waals surface area contributed by atoms with Gasteiger partial charge in [-0.3, -0.25) is 0 Å². The Labute approximate surface area is 110 Å². The third-order valence-electron chi connectivity index (χ3n) is 2.16. The van der Waals surface area contributed by atoms with Gasteiger partial charge in [0.15, 0.2) is 0 Å². The van der Waals surface area contributed by atoms with Crippen molar-refractivity contribution < 1.29 is 13.2 Å². The highest BCUT2D eigenvalue weighted by atomic mass is 79.9. The number of nitrogens with two attached hydrogens (primary N) is 1. The van der Waals surface area contributed by atoms with Gasteiger partial charge in [0.1, 0.15) is 12.4 Å². The molecule has 2 N–H and O–H groups in total. The second-order valence-corrected chi connectivity index (χ2v) is 6.39. The molecule has 1 rings (SSSR count). The highest BCUT2D eigenvalue weighted by Crippen LogP contribution is 2.25. The van der Waals surface area contributed by atoms with E-state index in [9.17, 15) is 8.42 Å². The zero-order valence-corrected chi connectivity index (χ0v) is 12.1. The molecule has 0 amide bonds. The monoisotopic (exact) mass is 319 g/mol. The second-order valence-electron chi connectivity index (χ2n) is 3.73. The Morgan fingerprint density at radius 3 is 2.47 bits per heavy atom. The predicted octanol–water partition coefficient (Wildman–Crippen LogP) is 2.24. The van der Waals surface area contributed by atoms with Gasteiger partial charge >= 0.3 is 0 Å². The number of rotatable bonds is 4. The third-order valence-corrected chi connectivity index (χ3v) is 3.45. The fourth-order valence-corrected chi connectivity index (χ4v) is 2.34. The molecule has 0 aliphatic rings. The topological polar surface area (TPSA) is 69.4 Å². The lowest BCUT2D eigenvalue weighted by Crippen LogP contribution is -2.14. The number of primary sulfonamides is 1. The first-order valence-corrected chi connectivity index (χ1v) is 7.16. The molecule has 0 aliphatic heterocycles. The minimum atomic E-state index is -3.69. The van der Waals surface area contributed by atoms with Gasteiger partial charge in [-0.05, 0) is 37.1 Å². The number of halogens is 1. The molecular formula is C11H14BrNO3S. The molecule has 0 radical (unpaired) electrons. The van der Waals surface area contributed by atoms with Crippen LogP contribution in [-0.2, 0) is 10.0 Å². The minimum absolute atomic E-state index is 0.125. The van der Waals surface area contributed by atoms with Crippen LogP contribution in [0.2, 0.25) is 0 Å². The molecule has 1 aromatic carbocycles. The quantitative estimate of drug-likeness (QED) is 0.925. The van der Waals surface area contributed by atoms with Gasteiger partial charge in [-0.2, -0.15) is 0 Å². The van der Waals surface area contributed by atoms with Crippen molar-refractivity contribution >= 4 is 26.0 Å². The van der Waals surface area contributed by atoms with E-state index in [2.05, 4.69) is 22.5 Å². The molecule has 94 valence electrons. The molecule has 0 saturated heterocycles. The van der Waals surface area contributed by atoms with E-state index in [1.165, 1.54) is 6.07 Å². The maximum Gasteiger partial charge on any atom is 0.238 e. The first kappa shape index (κ1) is 14.2. The van der Waals surface area contributed by atoms with Crippen LogP contribution in [0.25, 0.3) is 0 Å². The van der Waals surface area contributed by atoms with Gasteiger partial charge in [0.2, 0.25) is 10.0 Å². The number of hydrogen-bond acceptors (Lipinski definition) is 3. The molecule has 0 aliphatic carbocycles. The summed E-state index contributed by atoms with van der Waals surface area (Å²) in [6, 6.07) is 3.17. The molecule has 4 nitrogen and oxygen atoms in total. The summed E-state index contributed by atoms with van der Waals surface area (Å²) in [5.74, 6) is 0.621. The van der Waals surface area contributed by atoms with Gasteiger partial charge < -0.3 is 4.74 Å². The van der Waals surface area contributed by atoms with Crippen molar-refractivity contribution in [2.45, 2.75) is 18.7 Å². The molecule has 0 heterocycles. The van der Waals surface area contributed by atoms with Crippen molar-refractivity contribution in [2.75, 3.05) is 6.61 Å². The summed E-state index contributed by atoms with van der Waals surface area (Å²) >= 11 is 3.19.